The SMILES string of the molecule is Cc1cc([C@@H](C)Nc2ccc(Cl)nc2C(=O)O)c2oc(-c3ccc4c(cnn4C)c3)c(C)c(=O)c2c1. The number of hydrogen-bond acceptors (Lipinski definition) is 6. The van der Waals surface area contributed by atoms with Crippen LogP contribution in [0.4, 0.5) is 5.69 Å². The smallest absolute Gasteiger partial charge is 0.356 e. The second kappa shape index (κ2) is 8.80. The van der Waals surface area contributed by atoms with Crippen molar-refractivity contribution in [3.63, 3.8) is 0 Å². The highest BCUT2D eigenvalue weighted by molar-refractivity contribution is 6.29. The van der Waals surface area contributed by atoms with Crippen LogP contribution >= 0.6 is 11.6 Å². The maximum absolute atomic E-state index is 13.5. The summed E-state index contributed by atoms with van der Waals surface area (Å²) in [7, 11) is 1.87. The summed E-state index contributed by atoms with van der Waals surface area (Å²) in [5.41, 5.74) is 4.31. The molecular weight excluding hydrogens is 480 g/mol. The van der Waals surface area contributed by atoms with Crippen molar-refractivity contribution >= 4 is 45.1 Å². The summed E-state index contributed by atoms with van der Waals surface area (Å²) in [5, 5.41) is 18.6. The van der Waals surface area contributed by atoms with Crippen LogP contribution in [-0.4, -0.2) is 25.8 Å². The van der Waals surface area contributed by atoms with E-state index >= 15 is 0 Å². The molecular formula is C27H23ClN4O4. The molecule has 3 heterocycles. The Bertz CT molecular complexity index is 1740. The fourth-order valence-corrected chi connectivity index (χ4v) is 4.64. The fourth-order valence-electron chi connectivity index (χ4n) is 4.50. The Balaban J connectivity index is 1.67. The lowest BCUT2D eigenvalue weighted by atomic mass is 9.98. The van der Waals surface area contributed by atoms with E-state index in [1.807, 2.05) is 51.2 Å². The van der Waals surface area contributed by atoms with Crippen LogP contribution in [0.15, 0.2) is 57.9 Å². The monoisotopic (exact) mass is 502 g/mol. The molecule has 3 aromatic heterocycles. The quantitative estimate of drug-likeness (QED) is 0.288. The molecule has 0 aliphatic rings. The first kappa shape index (κ1) is 23.6. The van der Waals surface area contributed by atoms with Crippen LogP contribution in [0, 0.1) is 13.8 Å². The number of nitrogens with one attached hydrogen (secondary N) is 1. The molecule has 0 fully saturated rings. The van der Waals surface area contributed by atoms with E-state index in [-0.39, 0.29) is 16.3 Å². The number of carboxylic acids is 1. The van der Waals surface area contributed by atoms with Gasteiger partial charge in [-0.1, -0.05) is 17.7 Å². The molecule has 36 heavy (non-hydrogen) atoms. The van der Waals surface area contributed by atoms with Gasteiger partial charge in [0.1, 0.15) is 16.5 Å². The van der Waals surface area contributed by atoms with Crippen LogP contribution < -0.4 is 10.7 Å². The number of rotatable bonds is 5. The topological polar surface area (TPSA) is 110 Å². The van der Waals surface area contributed by atoms with Crippen LogP contribution in [0.1, 0.15) is 40.1 Å². The third-order valence-electron chi connectivity index (χ3n) is 6.30. The molecule has 0 saturated heterocycles. The van der Waals surface area contributed by atoms with Gasteiger partial charge < -0.3 is 14.8 Å². The number of carboxylic acid groups (broad SMARTS) is 1. The third-order valence-corrected chi connectivity index (χ3v) is 6.51. The third kappa shape index (κ3) is 3.99. The predicted octanol–water partition coefficient (Wildman–Crippen LogP) is 5.88. The standard InChI is InChI=1S/C27H23ClN4O4/c1-13-9-18(15(3)30-20-6-8-22(28)31-23(20)27(34)35)26-19(10-13)24(33)14(2)25(36-26)16-5-7-21-17(11-16)12-29-32(21)4/h5-12,15,30H,1-4H3,(H,34,35)/t15-/m1/s1. The summed E-state index contributed by atoms with van der Waals surface area (Å²) in [6, 6.07) is 12.2. The summed E-state index contributed by atoms with van der Waals surface area (Å²) in [4.78, 5) is 29.1. The van der Waals surface area contributed by atoms with E-state index in [1.54, 1.807) is 23.9 Å². The van der Waals surface area contributed by atoms with Crippen molar-refractivity contribution in [2.75, 3.05) is 5.32 Å². The number of benzene rings is 2. The molecule has 1 atom stereocenters. The van der Waals surface area contributed by atoms with Gasteiger partial charge in [-0.25, -0.2) is 9.78 Å². The van der Waals surface area contributed by atoms with Crippen molar-refractivity contribution in [2.45, 2.75) is 26.8 Å². The van der Waals surface area contributed by atoms with E-state index in [0.29, 0.717) is 28.0 Å². The van der Waals surface area contributed by atoms with Gasteiger partial charge in [-0.15, -0.1) is 0 Å². The van der Waals surface area contributed by atoms with Crippen molar-refractivity contribution < 1.29 is 14.3 Å². The zero-order chi connectivity index (χ0) is 25.7. The van der Waals surface area contributed by atoms with Gasteiger partial charge in [0.2, 0.25) is 0 Å². The van der Waals surface area contributed by atoms with E-state index in [2.05, 4.69) is 15.4 Å². The molecule has 2 aromatic carbocycles. The molecule has 0 bridgehead atoms. The summed E-state index contributed by atoms with van der Waals surface area (Å²) < 4.78 is 8.22. The maximum Gasteiger partial charge on any atom is 0.356 e. The number of carbonyl (C=O) groups is 1. The van der Waals surface area contributed by atoms with Gasteiger partial charge in [0.25, 0.3) is 0 Å². The lowest BCUT2D eigenvalue weighted by molar-refractivity contribution is 0.0691. The van der Waals surface area contributed by atoms with Crippen molar-refractivity contribution in [1.82, 2.24) is 14.8 Å². The van der Waals surface area contributed by atoms with Gasteiger partial charge in [-0.3, -0.25) is 9.48 Å². The van der Waals surface area contributed by atoms with Crippen molar-refractivity contribution in [1.29, 1.82) is 0 Å². The molecule has 182 valence electrons. The molecule has 5 rings (SSSR count). The highest BCUT2D eigenvalue weighted by atomic mass is 35.5. The number of aromatic carboxylic acids is 1. The first-order valence-electron chi connectivity index (χ1n) is 11.3. The summed E-state index contributed by atoms with van der Waals surface area (Å²) in [6.07, 6.45) is 1.77. The van der Waals surface area contributed by atoms with Gasteiger partial charge in [-0.05, 0) is 62.7 Å². The van der Waals surface area contributed by atoms with Crippen LogP contribution in [0.25, 0.3) is 33.2 Å². The van der Waals surface area contributed by atoms with Crippen LogP contribution in [0.5, 0.6) is 0 Å². The molecule has 0 radical (unpaired) electrons. The number of halogens is 1. The van der Waals surface area contributed by atoms with E-state index in [1.165, 1.54) is 6.07 Å². The van der Waals surface area contributed by atoms with Gasteiger partial charge in [0.15, 0.2) is 11.1 Å². The molecule has 0 amide bonds. The molecule has 5 aromatic rings. The largest absolute Gasteiger partial charge is 0.476 e. The summed E-state index contributed by atoms with van der Waals surface area (Å²) in [5.74, 6) is -0.716. The number of aryl methyl sites for hydroxylation is 2. The number of pyridine rings is 1. The maximum atomic E-state index is 13.5. The van der Waals surface area contributed by atoms with Crippen molar-refractivity contribution in [2.24, 2.45) is 7.05 Å². The first-order valence-corrected chi connectivity index (χ1v) is 11.7. The summed E-state index contributed by atoms with van der Waals surface area (Å²) in [6.45, 7) is 5.53. The molecule has 0 spiro atoms. The molecule has 0 aliphatic carbocycles. The van der Waals surface area contributed by atoms with Crippen molar-refractivity contribution in [3.05, 3.63) is 86.4 Å². The Hall–Kier alpha value is -4.17. The Labute approximate surface area is 211 Å². The van der Waals surface area contributed by atoms with Crippen LogP contribution in [0.3, 0.4) is 0 Å². The normalized spacial score (nSPS) is 12.2. The zero-order valence-corrected chi connectivity index (χ0v) is 20.8. The van der Waals surface area contributed by atoms with Crippen LogP contribution in [0.2, 0.25) is 5.15 Å². The molecule has 2 N–H and O–H groups in total. The van der Waals surface area contributed by atoms with E-state index in [0.717, 1.165) is 27.6 Å². The second-order valence-electron chi connectivity index (χ2n) is 8.86. The van der Waals surface area contributed by atoms with Crippen molar-refractivity contribution in [3.8, 4) is 11.3 Å². The molecule has 0 unspecified atom stereocenters. The Morgan fingerprint density at radius 3 is 2.69 bits per heavy atom. The molecule has 0 aliphatic heterocycles. The summed E-state index contributed by atoms with van der Waals surface area (Å²) >= 11 is 5.90. The predicted molar refractivity (Wildman–Crippen MR) is 140 cm³/mol. The highest BCUT2D eigenvalue weighted by Gasteiger charge is 2.21. The number of hydrogen-bond donors (Lipinski definition) is 2. The van der Waals surface area contributed by atoms with Gasteiger partial charge in [-0.2, -0.15) is 5.10 Å². The van der Waals surface area contributed by atoms with Gasteiger partial charge in [0.05, 0.1) is 28.8 Å². The Morgan fingerprint density at radius 1 is 1.17 bits per heavy atom. The minimum Gasteiger partial charge on any atom is -0.476 e. The number of anilines is 1. The van der Waals surface area contributed by atoms with E-state index in [4.69, 9.17) is 16.0 Å². The average Bonchev–Trinajstić information content (AvgIpc) is 3.22. The number of nitrogens with zero attached hydrogens (tertiary/aromatic N) is 3. The lowest BCUT2D eigenvalue weighted by Gasteiger charge is -2.19. The molecule has 8 nitrogen and oxygen atoms in total. The Morgan fingerprint density at radius 2 is 1.94 bits per heavy atom. The second-order valence-corrected chi connectivity index (χ2v) is 9.25. The number of aromatic nitrogens is 3. The van der Waals surface area contributed by atoms with Gasteiger partial charge >= 0.3 is 5.97 Å². The minimum absolute atomic E-state index is 0.0864. The van der Waals surface area contributed by atoms with E-state index < -0.39 is 12.0 Å². The van der Waals surface area contributed by atoms with Gasteiger partial charge in [0, 0.05) is 29.1 Å². The average molecular weight is 503 g/mol. The fraction of sp³-hybridized carbons (Fsp3) is 0.185. The Kier molecular flexibility index (Phi) is 5.76. The van der Waals surface area contributed by atoms with Crippen LogP contribution in [-0.2, 0) is 7.05 Å². The highest BCUT2D eigenvalue weighted by Crippen LogP contribution is 2.33. The van der Waals surface area contributed by atoms with E-state index in [9.17, 15) is 14.7 Å². The lowest BCUT2D eigenvalue weighted by Crippen LogP contribution is -2.14. The molecule has 9 heteroatoms. The minimum atomic E-state index is -1.20. The first-order chi connectivity index (χ1) is 17.1. The zero-order valence-electron chi connectivity index (χ0n) is 20.1. The molecule has 0 saturated carbocycles. The number of fused-ring (bicyclic) bond motifs is 2.